The van der Waals surface area contributed by atoms with Crippen LogP contribution in [0.4, 0.5) is 5.69 Å². The first-order valence-corrected chi connectivity index (χ1v) is 9.53. The number of nitrogens with one attached hydrogen (secondary N) is 1. The monoisotopic (exact) mass is 362 g/mol. The highest BCUT2D eigenvalue weighted by Crippen LogP contribution is 2.28. The van der Waals surface area contributed by atoms with Gasteiger partial charge in [-0.2, -0.15) is 0 Å². The van der Waals surface area contributed by atoms with E-state index >= 15 is 0 Å². The van der Waals surface area contributed by atoms with Crippen LogP contribution in [-0.2, 0) is 0 Å². The van der Waals surface area contributed by atoms with E-state index in [-0.39, 0.29) is 0 Å². The molecule has 0 radical (unpaired) electrons. The summed E-state index contributed by atoms with van der Waals surface area (Å²) in [5.74, 6) is 3.48. The van der Waals surface area contributed by atoms with Crippen molar-refractivity contribution < 1.29 is 9.47 Å². The Morgan fingerprint density at radius 2 is 1.92 bits per heavy atom. The summed E-state index contributed by atoms with van der Waals surface area (Å²) in [4.78, 5) is 7.02. The number of rotatable bonds is 8. The molecule has 1 fully saturated rings. The number of benzene rings is 1. The Morgan fingerprint density at radius 1 is 1.19 bits per heavy atom. The molecule has 1 aromatic rings. The summed E-state index contributed by atoms with van der Waals surface area (Å²) >= 11 is 0. The van der Waals surface area contributed by atoms with Crippen LogP contribution in [-0.4, -0.2) is 51.3 Å². The Bertz CT molecular complexity index is 581. The molecular weight excluding hydrogens is 328 g/mol. The number of hydrogen-bond donors (Lipinski definition) is 2. The minimum Gasteiger partial charge on any atom is -0.497 e. The maximum atomic E-state index is 6.01. The molecule has 0 saturated carbocycles. The maximum absolute atomic E-state index is 6.01. The first-order valence-electron chi connectivity index (χ1n) is 9.53. The maximum Gasteiger partial charge on any atom is 0.193 e. The highest BCUT2D eigenvalue weighted by Gasteiger charge is 2.20. The summed E-state index contributed by atoms with van der Waals surface area (Å²) in [6.07, 6.45) is 3.55. The van der Waals surface area contributed by atoms with Gasteiger partial charge in [-0.1, -0.05) is 13.8 Å². The summed E-state index contributed by atoms with van der Waals surface area (Å²) in [6, 6.07) is 5.54. The number of ether oxygens (including phenoxy) is 2. The summed E-state index contributed by atoms with van der Waals surface area (Å²) in [7, 11) is 3.26. The Balaban J connectivity index is 1.75. The van der Waals surface area contributed by atoms with E-state index in [0.29, 0.717) is 11.7 Å². The third-order valence-electron chi connectivity index (χ3n) is 4.78. The summed E-state index contributed by atoms with van der Waals surface area (Å²) in [6.45, 7) is 9.05. The molecule has 26 heavy (non-hydrogen) atoms. The molecule has 6 nitrogen and oxygen atoms in total. The van der Waals surface area contributed by atoms with E-state index in [1.807, 2.05) is 18.2 Å². The van der Waals surface area contributed by atoms with Crippen LogP contribution in [0.15, 0.2) is 23.2 Å². The molecule has 1 aromatic carbocycles. The van der Waals surface area contributed by atoms with Gasteiger partial charge in [0.05, 0.1) is 19.9 Å². The molecule has 3 N–H and O–H groups in total. The topological polar surface area (TPSA) is 72.1 Å². The van der Waals surface area contributed by atoms with Crippen molar-refractivity contribution in [2.24, 2.45) is 22.6 Å². The van der Waals surface area contributed by atoms with Crippen LogP contribution >= 0.6 is 0 Å². The van der Waals surface area contributed by atoms with Crippen molar-refractivity contribution in [3.63, 3.8) is 0 Å². The lowest BCUT2D eigenvalue weighted by molar-refractivity contribution is 0.139. The Morgan fingerprint density at radius 3 is 2.58 bits per heavy atom. The lowest BCUT2D eigenvalue weighted by atomic mass is 9.92. The smallest absolute Gasteiger partial charge is 0.193 e. The van der Waals surface area contributed by atoms with Crippen LogP contribution in [0.2, 0.25) is 0 Å². The first-order chi connectivity index (χ1) is 12.5. The van der Waals surface area contributed by atoms with Gasteiger partial charge in [-0.05, 0) is 49.8 Å². The fraction of sp³-hybridized carbons (Fsp3) is 0.650. The predicted molar refractivity (Wildman–Crippen MR) is 108 cm³/mol. The molecule has 0 spiro atoms. The number of nitrogens with two attached hydrogens (primary N) is 1. The molecule has 0 aliphatic carbocycles. The van der Waals surface area contributed by atoms with E-state index < -0.39 is 0 Å². The molecular formula is C20H34N4O2. The zero-order valence-electron chi connectivity index (χ0n) is 16.6. The van der Waals surface area contributed by atoms with Gasteiger partial charge >= 0.3 is 0 Å². The minimum atomic E-state index is 0.400. The van der Waals surface area contributed by atoms with Gasteiger partial charge in [0.15, 0.2) is 5.96 Å². The lowest BCUT2D eigenvalue weighted by Crippen LogP contribution is -2.39. The zero-order chi connectivity index (χ0) is 18.9. The van der Waals surface area contributed by atoms with Crippen molar-refractivity contribution in [3.05, 3.63) is 18.2 Å². The van der Waals surface area contributed by atoms with Crippen LogP contribution in [0.1, 0.15) is 33.1 Å². The van der Waals surface area contributed by atoms with Crippen molar-refractivity contribution >= 4 is 11.6 Å². The quantitative estimate of drug-likeness (QED) is 0.422. The summed E-state index contributed by atoms with van der Waals surface area (Å²) in [5.41, 5.74) is 6.77. The van der Waals surface area contributed by atoms with E-state index in [9.17, 15) is 0 Å². The van der Waals surface area contributed by atoms with Crippen molar-refractivity contribution in [1.29, 1.82) is 0 Å². The molecule has 0 amide bonds. The number of guanidine groups is 1. The highest BCUT2D eigenvalue weighted by atomic mass is 16.5. The van der Waals surface area contributed by atoms with E-state index in [0.717, 1.165) is 49.2 Å². The van der Waals surface area contributed by atoms with E-state index in [4.69, 9.17) is 15.2 Å². The Labute approximate surface area is 157 Å². The third kappa shape index (κ3) is 6.41. The molecule has 2 rings (SSSR count). The number of hydrogen-bond acceptors (Lipinski definition) is 4. The van der Waals surface area contributed by atoms with Crippen LogP contribution in [0.5, 0.6) is 11.5 Å². The van der Waals surface area contributed by atoms with Crippen molar-refractivity contribution in [3.8, 4) is 11.5 Å². The van der Waals surface area contributed by atoms with E-state index in [2.05, 4.69) is 29.1 Å². The largest absolute Gasteiger partial charge is 0.497 e. The van der Waals surface area contributed by atoms with Gasteiger partial charge in [0.25, 0.3) is 0 Å². The Kier molecular flexibility index (Phi) is 8.04. The van der Waals surface area contributed by atoms with E-state index in [1.165, 1.54) is 19.5 Å². The molecule has 2 unspecified atom stereocenters. The van der Waals surface area contributed by atoms with Gasteiger partial charge in [0.1, 0.15) is 11.5 Å². The number of aliphatic imine (C=N–C) groups is 1. The molecule has 1 aliphatic heterocycles. The number of likely N-dealkylation sites (tertiary alicyclic amines) is 1. The lowest BCUT2D eigenvalue weighted by Gasteiger charge is -2.34. The van der Waals surface area contributed by atoms with Gasteiger partial charge < -0.3 is 25.4 Å². The van der Waals surface area contributed by atoms with Crippen molar-refractivity contribution in [2.75, 3.05) is 45.7 Å². The standard InChI is InChI=1S/C20H34N4O2/c1-15-11-16(2)14-24(13-15)10-6-5-9-22-20(21)23-18-12-17(25-3)7-8-19(18)26-4/h7-8,12,15-16H,5-6,9-11,13-14H2,1-4H3,(H3,21,22,23). The average Bonchev–Trinajstić information content (AvgIpc) is 2.60. The second kappa shape index (κ2) is 10.3. The second-order valence-corrected chi connectivity index (χ2v) is 7.37. The molecule has 6 heteroatoms. The van der Waals surface area contributed by atoms with Gasteiger partial charge in [-0.15, -0.1) is 0 Å². The van der Waals surface area contributed by atoms with Gasteiger partial charge in [-0.3, -0.25) is 4.99 Å². The van der Waals surface area contributed by atoms with Crippen LogP contribution in [0.3, 0.4) is 0 Å². The summed E-state index contributed by atoms with van der Waals surface area (Å²) < 4.78 is 10.6. The van der Waals surface area contributed by atoms with Gasteiger partial charge in [0.2, 0.25) is 0 Å². The van der Waals surface area contributed by atoms with Crippen molar-refractivity contribution in [2.45, 2.75) is 33.1 Å². The normalized spacial score (nSPS) is 21.5. The van der Waals surface area contributed by atoms with Gasteiger partial charge in [0, 0.05) is 25.7 Å². The number of methoxy groups -OCH3 is 2. The molecule has 0 aromatic heterocycles. The minimum absolute atomic E-state index is 0.400. The highest BCUT2D eigenvalue weighted by molar-refractivity contribution is 5.93. The van der Waals surface area contributed by atoms with Crippen molar-refractivity contribution in [1.82, 2.24) is 4.90 Å². The average molecular weight is 363 g/mol. The molecule has 1 aliphatic rings. The number of piperidine rings is 1. The fourth-order valence-corrected chi connectivity index (χ4v) is 3.71. The zero-order valence-corrected chi connectivity index (χ0v) is 16.6. The van der Waals surface area contributed by atoms with Crippen LogP contribution in [0.25, 0.3) is 0 Å². The SMILES string of the molecule is COc1ccc(OC)c(NC(N)=NCCCCN2CC(C)CC(C)C2)c1. The second-order valence-electron chi connectivity index (χ2n) is 7.37. The summed E-state index contributed by atoms with van der Waals surface area (Å²) in [5, 5.41) is 3.10. The fourth-order valence-electron chi connectivity index (χ4n) is 3.71. The first kappa shape index (κ1) is 20.4. The van der Waals surface area contributed by atoms with Crippen LogP contribution in [0, 0.1) is 11.8 Å². The van der Waals surface area contributed by atoms with Gasteiger partial charge in [-0.25, -0.2) is 0 Å². The molecule has 146 valence electrons. The number of nitrogens with zero attached hydrogens (tertiary/aromatic N) is 2. The molecule has 1 heterocycles. The molecule has 2 atom stereocenters. The van der Waals surface area contributed by atoms with E-state index in [1.54, 1.807) is 14.2 Å². The Hall–Kier alpha value is -1.95. The number of anilines is 1. The number of unbranched alkanes of at least 4 members (excludes halogenated alkanes) is 1. The molecule has 0 bridgehead atoms. The third-order valence-corrected chi connectivity index (χ3v) is 4.78. The predicted octanol–water partition coefficient (Wildman–Crippen LogP) is 3.19. The molecule has 1 saturated heterocycles. The van der Waals surface area contributed by atoms with Crippen LogP contribution < -0.4 is 20.5 Å².